The number of allylic oxidation sites excluding steroid dienone is 1. The Hall–Kier alpha value is -4.20. The van der Waals surface area contributed by atoms with Gasteiger partial charge in [0.25, 0.3) is 5.56 Å². The number of aryl methyl sites for hydroxylation is 1. The maximum absolute atomic E-state index is 14.2. The smallest absolute Gasteiger partial charge is 0.338 e. The number of aromatic nitrogens is 2. The monoisotopic (exact) mass is 581 g/mol. The van der Waals surface area contributed by atoms with Crippen molar-refractivity contribution in [2.75, 3.05) is 0 Å². The Morgan fingerprint density at radius 2 is 1.78 bits per heavy atom. The van der Waals surface area contributed by atoms with Crippen LogP contribution in [0.2, 0.25) is 5.02 Å². The molecular formula is C33H28ClN3O3S. The number of carbonyl (C=O) groups excluding carboxylic acids is 1. The Kier molecular flexibility index (Phi) is 7.01. The quantitative estimate of drug-likeness (QED) is 0.248. The van der Waals surface area contributed by atoms with Crippen molar-refractivity contribution in [1.29, 1.82) is 0 Å². The van der Waals surface area contributed by atoms with Gasteiger partial charge in [-0.1, -0.05) is 83.6 Å². The first-order chi connectivity index (χ1) is 19.7. The first kappa shape index (κ1) is 27.0. The van der Waals surface area contributed by atoms with Gasteiger partial charge in [-0.05, 0) is 62.6 Å². The van der Waals surface area contributed by atoms with Gasteiger partial charge >= 0.3 is 5.97 Å². The highest BCUT2D eigenvalue weighted by Crippen LogP contribution is 2.34. The number of rotatable bonds is 5. The largest absolute Gasteiger partial charge is 0.459 e. The van der Waals surface area contributed by atoms with Crippen molar-refractivity contribution in [1.82, 2.24) is 9.55 Å². The summed E-state index contributed by atoms with van der Waals surface area (Å²) in [6, 6.07) is 22.7. The molecular weight excluding hydrogens is 554 g/mol. The molecule has 5 aromatic rings. The molecule has 0 bridgehead atoms. The van der Waals surface area contributed by atoms with Crippen LogP contribution in [0.15, 0.2) is 93.9 Å². The molecule has 2 aromatic heterocycles. The van der Waals surface area contributed by atoms with Crippen molar-refractivity contribution < 1.29 is 9.53 Å². The lowest BCUT2D eigenvalue weighted by atomic mass is 9.96. The third-order valence-electron chi connectivity index (χ3n) is 7.19. The van der Waals surface area contributed by atoms with Crippen LogP contribution in [0, 0.1) is 6.92 Å². The van der Waals surface area contributed by atoms with Gasteiger partial charge in [0.1, 0.15) is 0 Å². The Balaban J connectivity index is 1.61. The van der Waals surface area contributed by atoms with E-state index in [-0.39, 0.29) is 11.7 Å². The van der Waals surface area contributed by atoms with Crippen molar-refractivity contribution in [3.63, 3.8) is 0 Å². The number of H-pyrrole nitrogens is 1. The molecule has 1 aliphatic heterocycles. The van der Waals surface area contributed by atoms with Gasteiger partial charge in [-0.25, -0.2) is 9.79 Å². The highest BCUT2D eigenvalue weighted by atomic mass is 35.5. The molecule has 206 valence electrons. The molecule has 6 rings (SSSR count). The molecule has 0 fully saturated rings. The van der Waals surface area contributed by atoms with Crippen LogP contribution in [0.3, 0.4) is 0 Å². The fraction of sp³-hybridized carbons (Fsp3) is 0.182. The number of halogens is 1. The second-order valence-electron chi connectivity index (χ2n) is 10.4. The zero-order valence-electron chi connectivity index (χ0n) is 23.1. The van der Waals surface area contributed by atoms with Gasteiger partial charge < -0.3 is 9.72 Å². The average molecular weight is 582 g/mol. The van der Waals surface area contributed by atoms with E-state index in [9.17, 15) is 9.59 Å². The minimum atomic E-state index is -0.698. The fourth-order valence-corrected chi connectivity index (χ4v) is 6.47. The number of nitrogens with zero attached hydrogens (tertiary/aromatic N) is 2. The van der Waals surface area contributed by atoms with Crippen molar-refractivity contribution >= 4 is 45.9 Å². The standard InChI is InChI=1S/C33H28ClN3O3S/c1-18(2)40-32(39)27-20(4)35-33-37(30(27)22-13-15-23(34)16-14-22)31(38)26(41-33)17-25-24-12-8-9-19(3)28(24)36-29(25)21-10-6-5-7-11-21/h5-18,30,36H,1-4H3/b26-17+/t30-/m0/s1. The molecule has 0 radical (unpaired) electrons. The third-order valence-corrected chi connectivity index (χ3v) is 8.43. The number of fused-ring (bicyclic) bond motifs is 2. The van der Waals surface area contributed by atoms with Crippen molar-refractivity contribution in [3.8, 4) is 11.3 Å². The van der Waals surface area contributed by atoms with Crippen LogP contribution in [-0.4, -0.2) is 21.6 Å². The normalized spacial score (nSPS) is 15.4. The Morgan fingerprint density at radius 1 is 1.05 bits per heavy atom. The molecule has 0 spiro atoms. The van der Waals surface area contributed by atoms with E-state index in [1.54, 1.807) is 37.5 Å². The van der Waals surface area contributed by atoms with E-state index in [1.807, 2.05) is 42.5 Å². The minimum Gasteiger partial charge on any atom is -0.459 e. The Labute approximate surface area is 245 Å². The number of carbonyl (C=O) groups is 1. The summed E-state index contributed by atoms with van der Waals surface area (Å²) in [5.74, 6) is -0.492. The number of ether oxygens (including phenoxy) is 1. The number of hydrogen-bond acceptors (Lipinski definition) is 5. The predicted molar refractivity (Wildman–Crippen MR) is 165 cm³/mol. The third kappa shape index (κ3) is 4.85. The molecule has 3 aromatic carbocycles. The summed E-state index contributed by atoms with van der Waals surface area (Å²) >= 11 is 7.50. The molecule has 0 saturated heterocycles. The Morgan fingerprint density at radius 3 is 2.49 bits per heavy atom. The maximum atomic E-state index is 14.2. The molecule has 0 unspecified atom stereocenters. The van der Waals surface area contributed by atoms with Crippen LogP contribution in [0.1, 0.15) is 43.5 Å². The average Bonchev–Trinajstić information content (AvgIpc) is 3.46. The van der Waals surface area contributed by atoms with Gasteiger partial charge in [-0.2, -0.15) is 0 Å². The van der Waals surface area contributed by atoms with Gasteiger partial charge in [0.2, 0.25) is 0 Å². The van der Waals surface area contributed by atoms with Crippen molar-refractivity contribution in [2.24, 2.45) is 4.99 Å². The summed E-state index contributed by atoms with van der Waals surface area (Å²) < 4.78 is 7.72. The number of aromatic amines is 1. The van der Waals surface area contributed by atoms with Crippen molar-refractivity contribution in [3.05, 3.63) is 125 Å². The van der Waals surface area contributed by atoms with Gasteiger partial charge in [-0.3, -0.25) is 9.36 Å². The first-order valence-corrected chi connectivity index (χ1v) is 14.6. The van der Waals surface area contributed by atoms with E-state index in [4.69, 9.17) is 21.3 Å². The molecule has 0 aliphatic carbocycles. The lowest BCUT2D eigenvalue weighted by Crippen LogP contribution is -2.40. The van der Waals surface area contributed by atoms with Gasteiger partial charge in [0.05, 0.1) is 33.6 Å². The SMILES string of the molecule is CC1=C(C(=O)OC(C)C)[C@H](c2ccc(Cl)cc2)n2c(s/c(=C/c3c(-c4ccccc4)[nH]c4c(C)cccc34)c2=O)=N1. The Bertz CT molecular complexity index is 2020. The lowest BCUT2D eigenvalue weighted by Gasteiger charge is -2.25. The van der Waals surface area contributed by atoms with Crippen LogP contribution in [0.25, 0.3) is 28.2 Å². The van der Waals surface area contributed by atoms with Crippen LogP contribution in [-0.2, 0) is 9.53 Å². The summed E-state index contributed by atoms with van der Waals surface area (Å²) in [4.78, 5) is 36.4. The summed E-state index contributed by atoms with van der Waals surface area (Å²) in [6.07, 6.45) is 1.62. The number of thiazole rings is 1. The first-order valence-electron chi connectivity index (χ1n) is 13.4. The van der Waals surface area contributed by atoms with E-state index in [0.717, 1.165) is 38.9 Å². The summed E-state index contributed by atoms with van der Waals surface area (Å²) in [5.41, 5.74) is 6.42. The highest BCUT2D eigenvalue weighted by molar-refractivity contribution is 7.07. The minimum absolute atomic E-state index is 0.225. The molecule has 41 heavy (non-hydrogen) atoms. The molecule has 1 aliphatic rings. The summed E-state index contributed by atoms with van der Waals surface area (Å²) in [5, 5.41) is 1.59. The zero-order chi connectivity index (χ0) is 28.8. The van der Waals surface area contributed by atoms with E-state index < -0.39 is 12.0 Å². The van der Waals surface area contributed by atoms with Gasteiger partial charge in [0, 0.05) is 21.5 Å². The molecule has 3 heterocycles. The van der Waals surface area contributed by atoms with E-state index in [1.165, 1.54) is 11.3 Å². The van der Waals surface area contributed by atoms with Gasteiger partial charge in [-0.15, -0.1) is 0 Å². The molecule has 6 nitrogen and oxygen atoms in total. The van der Waals surface area contributed by atoms with E-state index in [0.29, 0.717) is 25.6 Å². The molecule has 8 heteroatoms. The second kappa shape index (κ2) is 10.7. The fourth-order valence-electron chi connectivity index (χ4n) is 5.32. The predicted octanol–water partition coefficient (Wildman–Crippen LogP) is 6.30. The molecule has 1 atom stereocenters. The van der Waals surface area contributed by atoms with Crippen LogP contribution in [0.4, 0.5) is 0 Å². The number of hydrogen-bond donors (Lipinski definition) is 1. The number of benzene rings is 3. The van der Waals surface area contributed by atoms with Crippen LogP contribution < -0.4 is 14.9 Å². The number of para-hydroxylation sites is 1. The molecule has 0 saturated carbocycles. The molecule has 0 amide bonds. The summed E-state index contributed by atoms with van der Waals surface area (Å²) in [6.45, 7) is 7.45. The zero-order valence-corrected chi connectivity index (χ0v) is 24.6. The van der Waals surface area contributed by atoms with Crippen molar-refractivity contribution in [2.45, 2.75) is 39.8 Å². The van der Waals surface area contributed by atoms with Gasteiger partial charge in [0.15, 0.2) is 4.80 Å². The molecule has 1 N–H and O–H groups in total. The second-order valence-corrected chi connectivity index (χ2v) is 11.8. The topological polar surface area (TPSA) is 76.5 Å². The maximum Gasteiger partial charge on any atom is 0.338 e. The van der Waals surface area contributed by atoms with Crippen LogP contribution in [0.5, 0.6) is 0 Å². The van der Waals surface area contributed by atoms with E-state index in [2.05, 4.69) is 36.2 Å². The lowest BCUT2D eigenvalue weighted by molar-refractivity contribution is -0.143. The van der Waals surface area contributed by atoms with E-state index >= 15 is 0 Å². The summed E-state index contributed by atoms with van der Waals surface area (Å²) in [7, 11) is 0. The number of esters is 1. The number of nitrogens with one attached hydrogen (secondary N) is 1. The highest BCUT2D eigenvalue weighted by Gasteiger charge is 2.33. The van der Waals surface area contributed by atoms with Crippen LogP contribution >= 0.6 is 22.9 Å².